The van der Waals surface area contributed by atoms with Crippen LogP contribution in [0, 0.1) is 6.92 Å². The van der Waals surface area contributed by atoms with Crippen LogP contribution in [0.2, 0.25) is 0 Å². The van der Waals surface area contributed by atoms with Gasteiger partial charge in [-0.25, -0.2) is 4.99 Å². The Morgan fingerprint density at radius 3 is 2.86 bits per heavy atom. The Morgan fingerprint density at radius 2 is 2.03 bits per heavy atom. The lowest BCUT2D eigenvalue weighted by molar-refractivity contribution is 0.336. The average molecular weight is 395 g/mol. The molecule has 2 aromatic heterocycles. The van der Waals surface area contributed by atoms with Gasteiger partial charge in [0.15, 0.2) is 11.6 Å². The molecule has 0 saturated heterocycles. The number of aryl methyl sites for hydroxylation is 2. The largest absolute Gasteiger partial charge is 0.494 e. The van der Waals surface area contributed by atoms with E-state index in [0.29, 0.717) is 13.2 Å². The quantitative estimate of drug-likeness (QED) is 0.331. The molecule has 0 aliphatic carbocycles. The van der Waals surface area contributed by atoms with Crippen molar-refractivity contribution in [2.75, 3.05) is 19.7 Å². The summed E-state index contributed by atoms with van der Waals surface area (Å²) < 4.78 is 7.79. The summed E-state index contributed by atoms with van der Waals surface area (Å²) in [6.07, 6.45) is 3.79. The minimum Gasteiger partial charge on any atom is -0.494 e. The zero-order valence-electron chi connectivity index (χ0n) is 17.5. The van der Waals surface area contributed by atoms with E-state index in [4.69, 9.17) is 9.73 Å². The molecule has 0 saturated carbocycles. The predicted octanol–water partition coefficient (Wildman–Crippen LogP) is 3.12. The molecular weight excluding hydrogens is 364 g/mol. The van der Waals surface area contributed by atoms with E-state index in [1.54, 1.807) is 0 Å². The number of hydrogen-bond acceptors (Lipinski definition) is 4. The third kappa shape index (κ3) is 5.70. The number of ether oxygens (including phenoxy) is 1. The van der Waals surface area contributed by atoms with E-state index in [2.05, 4.69) is 52.9 Å². The van der Waals surface area contributed by atoms with Gasteiger partial charge in [-0.1, -0.05) is 18.2 Å². The number of guanidine groups is 1. The zero-order valence-corrected chi connectivity index (χ0v) is 17.5. The van der Waals surface area contributed by atoms with Gasteiger partial charge in [0.1, 0.15) is 11.6 Å². The summed E-state index contributed by atoms with van der Waals surface area (Å²) >= 11 is 0. The molecule has 0 atom stereocenters. The van der Waals surface area contributed by atoms with Crippen molar-refractivity contribution >= 4 is 11.6 Å². The first kappa shape index (κ1) is 20.6. The summed E-state index contributed by atoms with van der Waals surface area (Å²) in [5.74, 6) is 2.69. The van der Waals surface area contributed by atoms with Gasteiger partial charge in [-0.2, -0.15) is 0 Å². The molecule has 3 aromatic rings. The van der Waals surface area contributed by atoms with Gasteiger partial charge in [0, 0.05) is 31.3 Å². The molecule has 154 valence electrons. The van der Waals surface area contributed by atoms with Crippen LogP contribution in [0.5, 0.6) is 5.75 Å². The average Bonchev–Trinajstić information content (AvgIpc) is 3.14. The second kappa shape index (κ2) is 10.5. The SMILES string of the molecule is CCNC(=NCc1ccc(C)cc1OCC)NCCCc1nnc2ccccn12. The van der Waals surface area contributed by atoms with Crippen LogP contribution >= 0.6 is 0 Å². The molecule has 3 rings (SSSR count). The molecule has 7 heteroatoms. The summed E-state index contributed by atoms with van der Waals surface area (Å²) in [6, 6.07) is 12.2. The highest BCUT2D eigenvalue weighted by atomic mass is 16.5. The van der Waals surface area contributed by atoms with Gasteiger partial charge in [0.05, 0.1) is 13.2 Å². The van der Waals surface area contributed by atoms with Gasteiger partial charge in [0.25, 0.3) is 0 Å². The highest BCUT2D eigenvalue weighted by molar-refractivity contribution is 5.79. The first-order chi connectivity index (χ1) is 14.2. The second-order valence-electron chi connectivity index (χ2n) is 6.81. The Bertz CT molecular complexity index is 949. The fourth-order valence-corrected chi connectivity index (χ4v) is 3.10. The standard InChI is InChI=1S/C22H30N6O/c1-4-23-22(25-16-18-12-11-17(3)15-19(18)29-5-2)24-13-8-10-21-27-26-20-9-6-7-14-28(20)21/h6-7,9,11-12,14-15H,4-5,8,10,13,16H2,1-3H3,(H2,23,24,25). The van der Waals surface area contributed by atoms with Crippen LogP contribution in [0.1, 0.15) is 37.2 Å². The van der Waals surface area contributed by atoms with E-state index in [0.717, 1.165) is 54.7 Å². The first-order valence-electron chi connectivity index (χ1n) is 10.2. The van der Waals surface area contributed by atoms with Crippen molar-refractivity contribution < 1.29 is 4.74 Å². The fourth-order valence-electron chi connectivity index (χ4n) is 3.10. The number of hydrogen-bond donors (Lipinski definition) is 2. The van der Waals surface area contributed by atoms with E-state index in [-0.39, 0.29) is 0 Å². The normalized spacial score (nSPS) is 11.6. The van der Waals surface area contributed by atoms with Crippen LogP contribution < -0.4 is 15.4 Å². The molecule has 2 heterocycles. The van der Waals surface area contributed by atoms with Gasteiger partial charge in [-0.15, -0.1) is 10.2 Å². The van der Waals surface area contributed by atoms with Crippen molar-refractivity contribution in [3.05, 3.63) is 59.5 Å². The van der Waals surface area contributed by atoms with Crippen molar-refractivity contribution in [2.45, 2.75) is 40.2 Å². The highest BCUT2D eigenvalue weighted by Crippen LogP contribution is 2.21. The highest BCUT2D eigenvalue weighted by Gasteiger charge is 2.06. The maximum atomic E-state index is 5.76. The van der Waals surface area contributed by atoms with Gasteiger partial charge in [-0.05, 0) is 51.0 Å². The van der Waals surface area contributed by atoms with Crippen molar-refractivity contribution in [3.8, 4) is 5.75 Å². The molecule has 1 aromatic carbocycles. The molecule has 0 aliphatic heterocycles. The molecular formula is C22H30N6O. The summed E-state index contributed by atoms with van der Waals surface area (Å²) in [7, 11) is 0. The van der Waals surface area contributed by atoms with E-state index >= 15 is 0 Å². The number of pyridine rings is 1. The number of rotatable bonds is 9. The number of aromatic nitrogens is 3. The van der Waals surface area contributed by atoms with Crippen molar-refractivity contribution in [1.29, 1.82) is 0 Å². The van der Waals surface area contributed by atoms with E-state index in [9.17, 15) is 0 Å². The fraction of sp³-hybridized carbons (Fsp3) is 0.409. The third-order valence-electron chi connectivity index (χ3n) is 4.53. The van der Waals surface area contributed by atoms with Crippen LogP contribution in [-0.2, 0) is 13.0 Å². The molecule has 0 unspecified atom stereocenters. The number of nitrogens with one attached hydrogen (secondary N) is 2. The van der Waals surface area contributed by atoms with Gasteiger partial charge in [0.2, 0.25) is 0 Å². The summed E-state index contributed by atoms with van der Waals surface area (Å²) in [5.41, 5.74) is 3.16. The van der Waals surface area contributed by atoms with Crippen LogP contribution in [0.4, 0.5) is 0 Å². The Kier molecular flexibility index (Phi) is 7.44. The van der Waals surface area contributed by atoms with Crippen LogP contribution in [-0.4, -0.2) is 40.3 Å². The van der Waals surface area contributed by atoms with E-state index in [1.165, 1.54) is 5.56 Å². The lowest BCUT2D eigenvalue weighted by Gasteiger charge is -2.13. The summed E-state index contributed by atoms with van der Waals surface area (Å²) in [5, 5.41) is 15.2. The Labute approximate surface area is 172 Å². The molecule has 7 nitrogen and oxygen atoms in total. The second-order valence-corrected chi connectivity index (χ2v) is 6.81. The molecule has 0 bridgehead atoms. The summed E-state index contributed by atoms with van der Waals surface area (Å²) in [6.45, 7) is 8.97. The van der Waals surface area contributed by atoms with Crippen molar-refractivity contribution in [3.63, 3.8) is 0 Å². The number of aliphatic imine (C=N–C) groups is 1. The predicted molar refractivity (Wildman–Crippen MR) is 116 cm³/mol. The topological polar surface area (TPSA) is 75.8 Å². The summed E-state index contributed by atoms with van der Waals surface area (Å²) in [4.78, 5) is 4.72. The number of fused-ring (bicyclic) bond motifs is 1. The smallest absolute Gasteiger partial charge is 0.191 e. The molecule has 0 aliphatic rings. The monoisotopic (exact) mass is 394 g/mol. The number of benzene rings is 1. The molecule has 0 radical (unpaired) electrons. The Balaban J connectivity index is 1.56. The molecule has 0 spiro atoms. The molecule has 0 fully saturated rings. The first-order valence-corrected chi connectivity index (χ1v) is 10.2. The van der Waals surface area contributed by atoms with Crippen LogP contribution in [0.25, 0.3) is 5.65 Å². The van der Waals surface area contributed by atoms with Crippen LogP contribution in [0.3, 0.4) is 0 Å². The lowest BCUT2D eigenvalue weighted by Crippen LogP contribution is -2.37. The number of nitrogens with zero attached hydrogens (tertiary/aromatic N) is 4. The van der Waals surface area contributed by atoms with E-state index < -0.39 is 0 Å². The van der Waals surface area contributed by atoms with Gasteiger partial charge >= 0.3 is 0 Å². The van der Waals surface area contributed by atoms with Gasteiger partial charge < -0.3 is 15.4 Å². The molecule has 0 amide bonds. The Morgan fingerprint density at radius 1 is 1.14 bits per heavy atom. The van der Waals surface area contributed by atoms with Crippen molar-refractivity contribution in [2.24, 2.45) is 4.99 Å². The zero-order chi connectivity index (χ0) is 20.5. The third-order valence-corrected chi connectivity index (χ3v) is 4.53. The molecule has 2 N–H and O–H groups in total. The lowest BCUT2D eigenvalue weighted by atomic mass is 10.1. The maximum absolute atomic E-state index is 5.76. The Hall–Kier alpha value is -3.09. The molecule has 29 heavy (non-hydrogen) atoms. The van der Waals surface area contributed by atoms with Crippen molar-refractivity contribution in [1.82, 2.24) is 25.2 Å². The maximum Gasteiger partial charge on any atom is 0.191 e. The van der Waals surface area contributed by atoms with Gasteiger partial charge in [-0.3, -0.25) is 4.40 Å². The van der Waals surface area contributed by atoms with E-state index in [1.807, 2.05) is 35.7 Å². The minimum atomic E-state index is 0.569. The minimum absolute atomic E-state index is 0.569. The van der Waals surface area contributed by atoms with Crippen LogP contribution in [0.15, 0.2) is 47.6 Å².